The highest BCUT2D eigenvalue weighted by Crippen LogP contribution is 2.35. The second kappa shape index (κ2) is 5.59. The molecule has 10 nitrogen and oxygen atoms in total. The summed E-state index contributed by atoms with van der Waals surface area (Å²) < 4.78 is 14.1. The highest BCUT2D eigenvalue weighted by molar-refractivity contribution is 6.05. The van der Waals surface area contributed by atoms with Gasteiger partial charge < -0.3 is 9.26 Å². The first kappa shape index (κ1) is 15.4. The second-order valence-electron chi connectivity index (χ2n) is 6.06. The fraction of sp³-hybridized carbons (Fsp3) is 0.176. The van der Waals surface area contributed by atoms with Gasteiger partial charge in [0.05, 0.1) is 18.7 Å². The monoisotopic (exact) mass is 362 g/mol. The Morgan fingerprint density at radius 1 is 1.19 bits per heavy atom. The second-order valence-corrected chi connectivity index (χ2v) is 6.06. The van der Waals surface area contributed by atoms with Crippen molar-refractivity contribution >= 4 is 16.4 Å². The molecule has 0 unspecified atom stereocenters. The van der Waals surface area contributed by atoms with Gasteiger partial charge in [0.25, 0.3) is 0 Å². The zero-order valence-corrected chi connectivity index (χ0v) is 14.8. The molecule has 0 aliphatic heterocycles. The molecule has 0 atom stereocenters. The standard InChI is InChI=1S/C17H14N8O2/c1-9-7-11(22-27-9)17-20-19-16-10-5-4-6-13(26-3)14(10)15(21-25(16)17)12-8-18-23-24(12)2/h4-8H,1-3H3. The summed E-state index contributed by atoms with van der Waals surface area (Å²) in [5.41, 5.74) is 2.55. The van der Waals surface area contributed by atoms with Crippen LogP contribution in [0.5, 0.6) is 5.75 Å². The van der Waals surface area contributed by atoms with Gasteiger partial charge in [-0.25, -0.2) is 4.68 Å². The van der Waals surface area contributed by atoms with Crippen LogP contribution >= 0.6 is 0 Å². The van der Waals surface area contributed by atoms with E-state index in [-0.39, 0.29) is 0 Å². The van der Waals surface area contributed by atoms with Crippen LogP contribution in [0.15, 0.2) is 35.0 Å². The summed E-state index contributed by atoms with van der Waals surface area (Å²) in [5.74, 6) is 1.85. The van der Waals surface area contributed by atoms with Gasteiger partial charge in [0.2, 0.25) is 5.82 Å². The smallest absolute Gasteiger partial charge is 0.207 e. The van der Waals surface area contributed by atoms with Crippen LogP contribution in [-0.4, -0.2) is 47.1 Å². The molecule has 0 aliphatic rings. The molecule has 27 heavy (non-hydrogen) atoms. The first-order chi connectivity index (χ1) is 13.2. The van der Waals surface area contributed by atoms with E-state index < -0.39 is 0 Å². The Bertz CT molecular complexity index is 1300. The molecule has 1 aromatic carbocycles. The number of ether oxygens (including phenoxy) is 1. The molecule has 0 fully saturated rings. The predicted molar refractivity (Wildman–Crippen MR) is 95.1 cm³/mol. The van der Waals surface area contributed by atoms with Crippen molar-refractivity contribution in [3.05, 3.63) is 36.2 Å². The van der Waals surface area contributed by atoms with Crippen LogP contribution in [0.3, 0.4) is 0 Å². The lowest BCUT2D eigenvalue weighted by atomic mass is 10.1. The summed E-state index contributed by atoms with van der Waals surface area (Å²) in [7, 11) is 3.43. The summed E-state index contributed by atoms with van der Waals surface area (Å²) in [6.07, 6.45) is 1.66. The average molecular weight is 362 g/mol. The lowest BCUT2D eigenvalue weighted by molar-refractivity contribution is 0.399. The van der Waals surface area contributed by atoms with Gasteiger partial charge in [-0.05, 0) is 13.0 Å². The highest BCUT2D eigenvalue weighted by atomic mass is 16.5. The normalized spacial score (nSPS) is 11.5. The largest absolute Gasteiger partial charge is 0.496 e. The SMILES string of the molecule is COc1cccc2c1c(-c1cnnn1C)nn1c(-c3cc(C)on3)nnc21. The number of methoxy groups -OCH3 is 1. The van der Waals surface area contributed by atoms with Gasteiger partial charge in [-0.1, -0.05) is 22.5 Å². The molecule has 0 bridgehead atoms. The Morgan fingerprint density at radius 2 is 2.07 bits per heavy atom. The van der Waals surface area contributed by atoms with Crippen LogP contribution in [-0.2, 0) is 7.05 Å². The Labute approximate surface area is 152 Å². The third kappa shape index (κ3) is 2.19. The van der Waals surface area contributed by atoms with Crippen molar-refractivity contribution in [2.24, 2.45) is 7.05 Å². The fourth-order valence-corrected chi connectivity index (χ4v) is 3.14. The van der Waals surface area contributed by atoms with Gasteiger partial charge in [-0.3, -0.25) is 0 Å². The van der Waals surface area contributed by atoms with Gasteiger partial charge in [0, 0.05) is 18.5 Å². The van der Waals surface area contributed by atoms with Crippen molar-refractivity contribution in [3.8, 4) is 28.7 Å². The Kier molecular flexibility index (Phi) is 3.20. The number of rotatable bonds is 3. The van der Waals surface area contributed by atoms with Crippen molar-refractivity contribution in [1.29, 1.82) is 0 Å². The van der Waals surface area contributed by atoms with Crippen molar-refractivity contribution in [2.45, 2.75) is 6.92 Å². The van der Waals surface area contributed by atoms with Crippen molar-refractivity contribution < 1.29 is 9.26 Å². The molecule has 0 amide bonds. The van der Waals surface area contributed by atoms with Crippen molar-refractivity contribution in [2.75, 3.05) is 7.11 Å². The quantitative estimate of drug-likeness (QED) is 0.480. The summed E-state index contributed by atoms with van der Waals surface area (Å²) in [5, 5.41) is 27.1. The van der Waals surface area contributed by atoms with E-state index in [1.807, 2.05) is 32.2 Å². The summed E-state index contributed by atoms with van der Waals surface area (Å²) in [4.78, 5) is 0. The van der Waals surface area contributed by atoms with Gasteiger partial charge in [0.15, 0.2) is 11.3 Å². The van der Waals surface area contributed by atoms with E-state index in [0.717, 1.165) is 16.5 Å². The molecule has 0 N–H and O–H groups in total. The molecule has 4 aromatic heterocycles. The minimum atomic E-state index is 0.489. The molecular weight excluding hydrogens is 348 g/mol. The van der Waals surface area contributed by atoms with E-state index in [9.17, 15) is 0 Å². The molecule has 0 saturated carbocycles. The molecular formula is C17H14N8O2. The average Bonchev–Trinajstić information content (AvgIpc) is 3.39. The maximum atomic E-state index is 5.57. The van der Waals surface area contributed by atoms with Gasteiger partial charge in [-0.2, -0.15) is 9.61 Å². The molecule has 4 heterocycles. The van der Waals surface area contributed by atoms with E-state index in [0.29, 0.717) is 34.4 Å². The lowest BCUT2D eigenvalue weighted by Gasteiger charge is -2.11. The molecule has 0 aliphatic carbocycles. The van der Waals surface area contributed by atoms with E-state index >= 15 is 0 Å². The Balaban J connectivity index is 1.94. The first-order valence-electron chi connectivity index (χ1n) is 8.18. The topological polar surface area (TPSA) is 109 Å². The first-order valence-corrected chi connectivity index (χ1v) is 8.18. The third-order valence-corrected chi connectivity index (χ3v) is 4.38. The Morgan fingerprint density at radius 3 is 2.78 bits per heavy atom. The minimum absolute atomic E-state index is 0.489. The zero-order valence-electron chi connectivity index (χ0n) is 14.8. The molecule has 5 rings (SSSR count). The highest BCUT2D eigenvalue weighted by Gasteiger charge is 2.22. The number of aromatic nitrogens is 8. The molecule has 0 radical (unpaired) electrons. The van der Waals surface area contributed by atoms with Crippen LogP contribution in [0, 0.1) is 6.92 Å². The zero-order chi connectivity index (χ0) is 18.5. The molecule has 134 valence electrons. The van der Waals surface area contributed by atoms with Gasteiger partial charge in [-0.15, -0.1) is 15.3 Å². The number of benzene rings is 1. The third-order valence-electron chi connectivity index (χ3n) is 4.38. The van der Waals surface area contributed by atoms with Crippen LogP contribution in [0.25, 0.3) is 39.3 Å². The summed E-state index contributed by atoms with van der Waals surface area (Å²) >= 11 is 0. The van der Waals surface area contributed by atoms with Crippen LogP contribution in [0.1, 0.15) is 5.76 Å². The van der Waals surface area contributed by atoms with E-state index in [1.54, 1.807) is 28.6 Å². The summed E-state index contributed by atoms with van der Waals surface area (Å²) in [6, 6.07) is 7.53. The molecule has 0 spiro atoms. The number of hydrogen-bond acceptors (Lipinski definition) is 8. The Hall–Kier alpha value is -3.82. The van der Waals surface area contributed by atoms with Crippen LogP contribution in [0.2, 0.25) is 0 Å². The van der Waals surface area contributed by atoms with E-state index in [2.05, 4.69) is 25.7 Å². The summed E-state index contributed by atoms with van der Waals surface area (Å²) in [6.45, 7) is 1.82. The van der Waals surface area contributed by atoms with Crippen LogP contribution < -0.4 is 4.74 Å². The number of aryl methyl sites for hydroxylation is 2. The molecule has 5 aromatic rings. The van der Waals surface area contributed by atoms with Gasteiger partial charge in [0.1, 0.15) is 22.9 Å². The minimum Gasteiger partial charge on any atom is -0.496 e. The lowest BCUT2D eigenvalue weighted by Crippen LogP contribution is -2.03. The van der Waals surface area contributed by atoms with Crippen LogP contribution in [0.4, 0.5) is 0 Å². The van der Waals surface area contributed by atoms with Gasteiger partial charge >= 0.3 is 0 Å². The van der Waals surface area contributed by atoms with E-state index in [1.165, 1.54) is 0 Å². The maximum absolute atomic E-state index is 5.57. The molecule has 10 heteroatoms. The van der Waals surface area contributed by atoms with Crippen molar-refractivity contribution in [1.82, 2.24) is 40.0 Å². The number of nitrogens with zero attached hydrogens (tertiary/aromatic N) is 8. The molecule has 0 saturated heterocycles. The number of fused-ring (bicyclic) bond motifs is 3. The fourth-order valence-electron chi connectivity index (χ4n) is 3.14. The predicted octanol–water partition coefficient (Wildman–Crippen LogP) is 2.05. The van der Waals surface area contributed by atoms with Crippen molar-refractivity contribution in [3.63, 3.8) is 0 Å². The number of hydrogen-bond donors (Lipinski definition) is 0. The maximum Gasteiger partial charge on any atom is 0.207 e. The van der Waals surface area contributed by atoms with E-state index in [4.69, 9.17) is 14.4 Å².